The first-order valence-corrected chi connectivity index (χ1v) is 4.31. The molecule has 0 saturated heterocycles. The van der Waals surface area contributed by atoms with Gasteiger partial charge in [-0.1, -0.05) is 11.6 Å². The molecular weight excluding hydrogens is 154 g/mol. The highest BCUT2D eigenvalue weighted by Gasteiger charge is 2.16. The van der Waals surface area contributed by atoms with Crippen molar-refractivity contribution in [1.29, 1.82) is 0 Å². The molecular formula is C9H15NO2. The first-order chi connectivity index (χ1) is 5.74. The van der Waals surface area contributed by atoms with Crippen molar-refractivity contribution in [3.63, 3.8) is 0 Å². The van der Waals surface area contributed by atoms with Crippen LogP contribution in [0.25, 0.3) is 0 Å². The average molecular weight is 169 g/mol. The van der Waals surface area contributed by atoms with E-state index in [-0.39, 0.29) is 6.09 Å². The third-order valence-corrected chi connectivity index (χ3v) is 1.86. The third-order valence-electron chi connectivity index (χ3n) is 1.86. The van der Waals surface area contributed by atoms with Gasteiger partial charge in [0.1, 0.15) is 0 Å². The first kappa shape index (κ1) is 9.10. The molecule has 1 aliphatic rings. The van der Waals surface area contributed by atoms with E-state index in [1.54, 1.807) is 4.90 Å². The van der Waals surface area contributed by atoms with Crippen LogP contribution in [0, 0.1) is 0 Å². The first-order valence-electron chi connectivity index (χ1n) is 4.31. The summed E-state index contributed by atoms with van der Waals surface area (Å²) in [5.41, 5.74) is 1.24. The minimum absolute atomic E-state index is 0.190. The zero-order valence-corrected chi connectivity index (χ0v) is 7.67. The van der Waals surface area contributed by atoms with Crippen LogP contribution in [0.1, 0.15) is 20.3 Å². The second-order valence-corrected chi connectivity index (χ2v) is 2.96. The van der Waals surface area contributed by atoms with Gasteiger partial charge in [0.25, 0.3) is 0 Å². The van der Waals surface area contributed by atoms with E-state index in [0.29, 0.717) is 6.61 Å². The SMILES string of the molecule is CCOC(=O)N1CCC=C(C)C1. The van der Waals surface area contributed by atoms with Crippen LogP contribution in [0.2, 0.25) is 0 Å². The van der Waals surface area contributed by atoms with Crippen molar-refractivity contribution < 1.29 is 9.53 Å². The van der Waals surface area contributed by atoms with Crippen molar-refractivity contribution in [1.82, 2.24) is 4.90 Å². The Kier molecular flexibility index (Phi) is 3.14. The lowest BCUT2D eigenvalue weighted by Crippen LogP contribution is -2.35. The van der Waals surface area contributed by atoms with Crippen molar-refractivity contribution in [3.05, 3.63) is 11.6 Å². The Labute approximate surface area is 73.0 Å². The second kappa shape index (κ2) is 4.14. The summed E-state index contributed by atoms with van der Waals surface area (Å²) < 4.78 is 4.89. The molecule has 0 aromatic heterocycles. The van der Waals surface area contributed by atoms with Crippen LogP contribution in [0.4, 0.5) is 4.79 Å². The predicted molar refractivity (Wildman–Crippen MR) is 47.0 cm³/mol. The zero-order chi connectivity index (χ0) is 8.97. The van der Waals surface area contributed by atoms with Gasteiger partial charge in [-0.15, -0.1) is 0 Å². The normalized spacial score (nSPS) is 17.2. The fourth-order valence-electron chi connectivity index (χ4n) is 1.28. The lowest BCUT2D eigenvalue weighted by molar-refractivity contribution is 0.109. The molecule has 12 heavy (non-hydrogen) atoms. The van der Waals surface area contributed by atoms with E-state index in [9.17, 15) is 4.79 Å². The van der Waals surface area contributed by atoms with Crippen LogP contribution < -0.4 is 0 Å². The smallest absolute Gasteiger partial charge is 0.410 e. The zero-order valence-electron chi connectivity index (χ0n) is 7.67. The molecule has 0 bridgehead atoms. The molecule has 0 fully saturated rings. The maximum Gasteiger partial charge on any atom is 0.410 e. The minimum Gasteiger partial charge on any atom is -0.450 e. The molecule has 68 valence electrons. The van der Waals surface area contributed by atoms with Gasteiger partial charge < -0.3 is 9.64 Å². The van der Waals surface area contributed by atoms with Crippen molar-refractivity contribution in [3.8, 4) is 0 Å². The standard InChI is InChI=1S/C9H15NO2/c1-3-12-9(11)10-6-4-5-8(2)7-10/h5H,3-4,6-7H2,1-2H3. The predicted octanol–water partition coefficient (Wildman–Crippen LogP) is 1.79. The summed E-state index contributed by atoms with van der Waals surface area (Å²) in [4.78, 5) is 13.0. The fourth-order valence-corrected chi connectivity index (χ4v) is 1.28. The number of ether oxygens (including phenoxy) is 1. The van der Waals surface area contributed by atoms with E-state index < -0.39 is 0 Å². The highest BCUT2D eigenvalue weighted by Crippen LogP contribution is 2.09. The van der Waals surface area contributed by atoms with E-state index in [2.05, 4.69) is 6.08 Å². The van der Waals surface area contributed by atoms with Crippen molar-refractivity contribution in [2.24, 2.45) is 0 Å². The molecule has 1 aliphatic heterocycles. The number of carbonyl (C=O) groups excluding carboxylic acids is 1. The van der Waals surface area contributed by atoms with Gasteiger partial charge in [-0.05, 0) is 20.3 Å². The number of carbonyl (C=O) groups is 1. The summed E-state index contributed by atoms with van der Waals surface area (Å²) in [7, 11) is 0. The van der Waals surface area contributed by atoms with E-state index >= 15 is 0 Å². The van der Waals surface area contributed by atoms with Gasteiger partial charge in [0.2, 0.25) is 0 Å². The summed E-state index contributed by atoms with van der Waals surface area (Å²) in [6, 6.07) is 0. The van der Waals surface area contributed by atoms with Crippen LogP contribution in [-0.4, -0.2) is 30.7 Å². The van der Waals surface area contributed by atoms with Gasteiger partial charge in [-0.2, -0.15) is 0 Å². The number of amides is 1. The molecule has 0 spiro atoms. The van der Waals surface area contributed by atoms with Crippen molar-refractivity contribution >= 4 is 6.09 Å². The maximum atomic E-state index is 11.2. The van der Waals surface area contributed by atoms with Crippen LogP contribution in [-0.2, 0) is 4.74 Å². The summed E-state index contributed by atoms with van der Waals surface area (Å²) >= 11 is 0. The van der Waals surface area contributed by atoms with Crippen molar-refractivity contribution in [2.75, 3.05) is 19.7 Å². The largest absolute Gasteiger partial charge is 0.450 e. The Morgan fingerprint density at radius 1 is 1.75 bits per heavy atom. The molecule has 1 heterocycles. The molecule has 3 heteroatoms. The summed E-state index contributed by atoms with van der Waals surface area (Å²) in [5, 5.41) is 0. The molecule has 0 aromatic rings. The molecule has 0 radical (unpaired) electrons. The Hall–Kier alpha value is -0.990. The third kappa shape index (κ3) is 2.26. The van der Waals surface area contributed by atoms with Crippen LogP contribution in [0.5, 0.6) is 0 Å². The van der Waals surface area contributed by atoms with Crippen LogP contribution in [0.15, 0.2) is 11.6 Å². The molecule has 1 amide bonds. The lowest BCUT2D eigenvalue weighted by Gasteiger charge is -2.24. The van der Waals surface area contributed by atoms with Gasteiger partial charge >= 0.3 is 6.09 Å². The fraction of sp³-hybridized carbons (Fsp3) is 0.667. The highest BCUT2D eigenvalue weighted by atomic mass is 16.6. The number of hydrogen-bond acceptors (Lipinski definition) is 2. The number of rotatable bonds is 1. The molecule has 0 N–H and O–H groups in total. The monoisotopic (exact) mass is 169 g/mol. The number of hydrogen-bond donors (Lipinski definition) is 0. The molecule has 0 saturated carbocycles. The Bertz CT molecular complexity index is 199. The van der Waals surface area contributed by atoms with Gasteiger partial charge in [0.15, 0.2) is 0 Å². The van der Waals surface area contributed by atoms with E-state index in [0.717, 1.165) is 19.5 Å². The number of nitrogens with zero attached hydrogens (tertiary/aromatic N) is 1. The molecule has 3 nitrogen and oxygen atoms in total. The highest BCUT2D eigenvalue weighted by molar-refractivity contribution is 5.68. The second-order valence-electron chi connectivity index (χ2n) is 2.96. The summed E-state index contributed by atoms with van der Waals surface area (Å²) in [6.45, 7) is 5.82. The minimum atomic E-state index is -0.190. The average Bonchev–Trinajstić information content (AvgIpc) is 2.05. The van der Waals surface area contributed by atoms with E-state index in [4.69, 9.17) is 4.74 Å². The summed E-state index contributed by atoms with van der Waals surface area (Å²) in [5.74, 6) is 0. The van der Waals surface area contributed by atoms with Gasteiger partial charge in [-0.25, -0.2) is 4.79 Å². The maximum absolute atomic E-state index is 11.2. The Morgan fingerprint density at radius 2 is 2.50 bits per heavy atom. The lowest BCUT2D eigenvalue weighted by atomic mass is 10.1. The molecule has 1 rings (SSSR count). The van der Waals surface area contributed by atoms with Gasteiger partial charge in [0, 0.05) is 13.1 Å². The van der Waals surface area contributed by atoms with E-state index in [1.807, 2.05) is 13.8 Å². The molecule has 0 aromatic carbocycles. The van der Waals surface area contributed by atoms with Crippen LogP contribution >= 0.6 is 0 Å². The topological polar surface area (TPSA) is 29.5 Å². The molecule has 0 atom stereocenters. The van der Waals surface area contributed by atoms with Crippen molar-refractivity contribution in [2.45, 2.75) is 20.3 Å². The summed E-state index contributed by atoms with van der Waals surface area (Å²) in [6.07, 6.45) is 2.92. The quantitative estimate of drug-likeness (QED) is 0.560. The Morgan fingerprint density at radius 3 is 3.08 bits per heavy atom. The Balaban J connectivity index is 2.43. The van der Waals surface area contributed by atoms with E-state index in [1.165, 1.54) is 5.57 Å². The van der Waals surface area contributed by atoms with Gasteiger partial charge in [0.05, 0.1) is 6.61 Å². The van der Waals surface area contributed by atoms with Gasteiger partial charge in [-0.3, -0.25) is 0 Å². The van der Waals surface area contributed by atoms with Crippen LogP contribution in [0.3, 0.4) is 0 Å². The molecule has 0 unspecified atom stereocenters. The molecule has 0 aliphatic carbocycles.